The van der Waals surface area contributed by atoms with Crippen LogP contribution in [0.1, 0.15) is 35.6 Å². The van der Waals surface area contributed by atoms with Crippen molar-refractivity contribution in [3.63, 3.8) is 0 Å². The van der Waals surface area contributed by atoms with E-state index in [1.807, 2.05) is 79.7 Å². The van der Waals surface area contributed by atoms with Gasteiger partial charge in [-0.25, -0.2) is 5.01 Å². The molecule has 2 atom stereocenters. The second kappa shape index (κ2) is 10.8. The summed E-state index contributed by atoms with van der Waals surface area (Å²) in [6.45, 7) is 1.96. The van der Waals surface area contributed by atoms with Crippen LogP contribution >= 0.6 is 23.4 Å². The van der Waals surface area contributed by atoms with Crippen molar-refractivity contribution in [1.29, 1.82) is 0 Å². The number of hydrazone groups is 1. The molecule has 2 aliphatic rings. The van der Waals surface area contributed by atoms with Gasteiger partial charge in [0.25, 0.3) is 5.91 Å². The number of rotatable bonds is 6. The Kier molecular flexibility index (Phi) is 7.30. The Balaban J connectivity index is 1.35. The van der Waals surface area contributed by atoms with Crippen LogP contribution in [0.5, 0.6) is 5.75 Å². The smallest absolute Gasteiger partial charge is 0.262 e. The molecule has 0 aliphatic carbocycles. The van der Waals surface area contributed by atoms with Gasteiger partial charge in [0.1, 0.15) is 11.0 Å². The lowest BCUT2D eigenvalue weighted by Gasteiger charge is -2.23. The molecule has 2 amide bonds. The highest BCUT2D eigenvalue weighted by atomic mass is 35.5. The number of aryl methyl sites for hydroxylation is 1. The fourth-order valence-electron chi connectivity index (χ4n) is 4.30. The highest BCUT2D eigenvalue weighted by Crippen LogP contribution is 2.39. The van der Waals surface area contributed by atoms with Gasteiger partial charge in [-0.3, -0.25) is 9.59 Å². The molecule has 5 rings (SSSR count). The summed E-state index contributed by atoms with van der Waals surface area (Å²) in [7, 11) is 1.63. The Morgan fingerprint density at radius 2 is 1.89 bits per heavy atom. The number of methoxy groups -OCH3 is 1. The van der Waals surface area contributed by atoms with E-state index in [2.05, 4.69) is 10.3 Å². The Bertz CT molecular complexity index is 1390. The molecule has 1 N–H and O–H groups in total. The monoisotopic (exact) mass is 532 g/mol. The van der Waals surface area contributed by atoms with Crippen molar-refractivity contribution in [2.24, 2.45) is 10.1 Å². The summed E-state index contributed by atoms with van der Waals surface area (Å²) in [6, 6.07) is 22.7. The van der Waals surface area contributed by atoms with Gasteiger partial charge < -0.3 is 10.1 Å². The maximum absolute atomic E-state index is 12.8. The molecule has 0 aromatic heterocycles. The van der Waals surface area contributed by atoms with Gasteiger partial charge in [-0.2, -0.15) is 10.1 Å². The molecule has 2 heterocycles. The standard InChI is InChI=1S/C28H25ClN4O3S/c1-17-4-3-5-21(14-17)30-26(34)16-25-27(35)31-28(37-25)33-24(19-6-10-20(29)11-7-19)15-23(32-33)18-8-12-22(36-2)13-9-18/h3-14,24-25H,15-16H2,1-2H3,(H,30,34)/t24-,25+/m1/s1. The number of amides is 2. The van der Waals surface area contributed by atoms with Crippen molar-refractivity contribution in [3.8, 4) is 5.75 Å². The third-order valence-electron chi connectivity index (χ3n) is 6.19. The Morgan fingerprint density at radius 1 is 1.14 bits per heavy atom. The zero-order valence-electron chi connectivity index (χ0n) is 20.3. The van der Waals surface area contributed by atoms with Crippen LogP contribution in [0.3, 0.4) is 0 Å². The number of carbonyl (C=O) groups is 2. The summed E-state index contributed by atoms with van der Waals surface area (Å²) in [4.78, 5) is 29.8. The van der Waals surface area contributed by atoms with Crippen LogP contribution in [-0.2, 0) is 9.59 Å². The number of halogens is 1. The summed E-state index contributed by atoms with van der Waals surface area (Å²) < 4.78 is 5.28. The number of hydrogen-bond acceptors (Lipinski definition) is 6. The molecule has 9 heteroatoms. The van der Waals surface area contributed by atoms with Crippen LogP contribution in [0.4, 0.5) is 5.69 Å². The van der Waals surface area contributed by atoms with Gasteiger partial charge in [-0.05, 0) is 72.1 Å². The first-order valence-electron chi connectivity index (χ1n) is 11.8. The quantitative estimate of drug-likeness (QED) is 0.431. The number of aliphatic imine (C=N–C) groups is 1. The van der Waals surface area contributed by atoms with Crippen LogP contribution in [-0.4, -0.2) is 40.1 Å². The first-order valence-corrected chi connectivity index (χ1v) is 13.1. The molecule has 0 radical (unpaired) electrons. The minimum atomic E-state index is -0.606. The molecule has 3 aromatic carbocycles. The maximum Gasteiger partial charge on any atom is 0.262 e. The second-order valence-corrected chi connectivity index (χ2v) is 10.5. The van der Waals surface area contributed by atoms with Gasteiger partial charge in [0.15, 0.2) is 5.17 Å². The van der Waals surface area contributed by atoms with Gasteiger partial charge >= 0.3 is 0 Å². The Hall–Kier alpha value is -3.62. The molecule has 0 fully saturated rings. The topological polar surface area (TPSA) is 83.4 Å². The molecule has 188 valence electrons. The fourth-order valence-corrected chi connectivity index (χ4v) is 5.48. The third kappa shape index (κ3) is 5.70. The molecule has 3 aromatic rings. The predicted octanol–water partition coefficient (Wildman–Crippen LogP) is 5.83. The van der Waals surface area contributed by atoms with Gasteiger partial charge in [0.2, 0.25) is 5.91 Å². The minimum Gasteiger partial charge on any atom is -0.497 e. The number of amidine groups is 1. The van der Waals surface area contributed by atoms with Crippen LogP contribution in [0.2, 0.25) is 5.02 Å². The SMILES string of the molecule is COc1ccc(C2=NN(C3=NC(=O)[C@H](CC(=O)Nc4cccc(C)c4)S3)[C@@H](c3ccc(Cl)cc3)C2)cc1. The lowest BCUT2D eigenvalue weighted by Crippen LogP contribution is -2.25. The van der Waals surface area contributed by atoms with Gasteiger partial charge in [0.05, 0.1) is 18.9 Å². The van der Waals surface area contributed by atoms with Gasteiger partial charge in [-0.1, -0.05) is 47.6 Å². The number of anilines is 1. The van der Waals surface area contributed by atoms with Crippen LogP contribution < -0.4 is 10.1 Å². The highest BCUT2D eigenvalue weighted by Gasteiger charge is 2.39. The van der Waals surface area contributed by atoms with E-state index in [9.17, 15) is 9.59 Å². The van der Waals surface area contributed by atoms with E-state index in [0.29, 0.717) is 22.3 Å². The predicted molar refractivity (Wildman–Crippen MR) is 148 cm³/mol. The summed E-state index contributed by atoms with van der Waals surface area (Å²) in [6.07, 6.45) is 0.652. The molecule has 0 unspecified atom stereocenters. The van der Waals surface area contributed by atoms with Gasteiger partial charge in [0, 0.05) is 23.6 Å². The van der Waals surface area contributed by atoms with Crippen LogP contribution in [0.15, 0.2) is 82.9 Å². The number of ether oxygens (including phenoxy) is 1. The molecule has 0 saturated heterocycles. The fraction of sp³-hybridized carbons (Fsp3) is 0.214. The molecule has 7 nitrogen and oxygen atoms in total. The van der Waals surface area contributed by atoms with E-state index in [1.54, 1.807) is 12.1 Å². The van der Waals surface area contributed by atoms with Gasteiger partial charge in [-0.15, -0.1) is 0 Å². The zero-order chi connectivity index (χ0) is 25.9. The van der Waals surface area contributed by atoms with Crippen LogP contribution in [0.25, 0.3) is 0 Å². The summed E-state index contributed by atoms with van der Waals surface area (Å²) in [5.41, 5.74) is 4.60. The zero-order valence-corrected chi connectivity index (χ0v) is 21.9. The van der Waals surface area contributed by atoms with Crippen molar-refractivity contribution >= 4 is 51.7 Å². The molecule has 2 aliphatic heterocycles. The molecule has 37 heavy (non-hydrogen) atoms. The highest BCUT2D eigenvalue weighted by molar-refractivity contribution is 8.15. The molecule has 0 bridgehead atoms. The Labute approximate surface area is 224 Å². The van der Waals surface area contributed by atoms with Crippen LogP contribution in [0, 0.1) is 6.92 Å². The maximum atomic E-state index is 12.8. The minimum absolute atomic E-state index is 0.0267. The number of thioether (sulfide) groups is 1. The number of benzene rings is 3. The van der Waals surface area contributed by atoms with E-state index < -0.39 is 5.25 Å². The van der Waals surface area contributed by atoms with Crippen molar-refractivity contribution < 1.29 is 14.3 Å². The average Bonchev–Trinajstić information content (AvgIpc) is 3.48. The Morgan fingerprint density at radius 3 is 2.59 bits per heavy atom. The molecule has 0 spiro atoms. The van der Waals surface area contributed by atoms with E-state index in [1.165, 1.54) is 11.8 Å². The summed E-state index contributed by atoms with van der Waals surface area (Å²) in [5.74, 6) is 0.204. The lowest BCUT2D eigenvalue weighted by atomic mass is 9.98. The van der Waals surface area contributed by atoms with Crippen molar-refractivity contribution in [1.82, 2.24) is 5.01 Å². The normalized spacial score (nSPS) is 19.0. The van der Waals surface area contributed by atoms with Crippen molar-refractivity contribution in [2.75, 3.05) is 12.4 Å². The number of hydrogen-bond donors (Lipinski definition) is 1. The largest absolute Gasteiger partial charge is 0.497 e. The number of carbonyl (C=O) groups excluding carboxylic acids is 2. The van der Waals surface area contributed by atoms with E-state index >= 15 is 0 Å². The van der Waals surface area contributed by atoms with Crippen molar-refractivity contribution in [2.45, 2.75) is 31.1 Å². The summed E-state index contributed by atoms with van der Waals surface area (Å²) in [5, 5.41) is 10.1. The van der Waals surface area contributed by atoms with Crippen molar-refractivity contribution in [3.05, 3.63) is 94.5 Å². The third-order valence-corrected chi connectivity index (χ3v) is 7.58. The first kappa shape index (κ1) is 25.0. The number of nitrogens with zero attached hydrogens (tertiary/aromatic N) is 3. The lowest BCUT2D eigenvalue weighted by molar-refractivity contribution is -0.121. The summed E-state index contributed by atoms with van der Waals surface area (Å²) >= 11 is 7.40. The molecular formula is C28H25ClN4O3S. The molecule has 0 saturated carbocycles. The number of nitrogens with one attached hydrogen (secondary N) is 1. The van der Waals surface area contributed by atoms with E-state index in [-0.39, 0.29) is 24.3 Å². The molecular weight excluding hydrogens is 508 g/mol. The average molecular weight is 533 g/mol. The van der Waals surface area contributed by atoms with E-state index in [0.717, 1.165) is 28.2 Å². The van der Waals surface area contributed by atoms with E-state index in [4.69, 9.17) is 21.4 Å². The first-order chi connectivity index (χ1) is 17.9. The second-order valence-electron chi connectivity index (χ2n) is 8.85.